The van der Waals surface area contributed by atoms with E-state index in [9.17, 15) is 14.4 Å². The Balaban J connectivity index is 1.20. The van der Waals surface area contributed by atoms with Gasteiger partial charge in [-0.25, -0.2) is 4.39 Å². The molecule has 1 aromatic carbocycles. The van der Waals surface area contributed by atoms with Crippen LogP contribution in [0.4, 0.5) is 4.39 Å². The number of carbonyl (C=O) groups is 1. The lowest BCUT2D eigenvalue weighted by atomic mass is 9.84. The first-order chi connectivity index (χ1) is 15.1. The lowest BCUT2D eigenvalue weighted by molar-refractivity contribution is -0.124. The molecule has 6 nitrogen and oxygen atoms in total. The Morgan fingerprint density at radius 3 is 3.03 bits per heavy atom. The summed E-state index contributed by atoms with van der Waals surface area (Å²) in [5.41, 5.74) is 2.60. The van der Waals surface area contributed by atoms with E-state index in [4.69, 9.17) is 4.74 Å². The zero-order chi connectivity index (χ0) is 21.4. The fourth-order valence-electron chi connectivity index (χ4n) is 5.56. The van der Waals surface area contributed by atoms with E-state index in [1.54, 1.807) is 12.1 Å². The van der Waals surface area contributed by atoms with Crippen molar-refractivity contribution in [3.05, 3.63) is 46.9 Å². The zero-order valence-corrected chi connectivity index (χ0v) is 17.6. The minimum Gasteiger partial charge on any atom is -0.378 e. The van der Waals surface area contributed by atoms with Crippen LogP contribution in [0.2, 0.25) is 0 Å². The maximum Gasteiger partial charge on any atom is 0.244 e. The third kappa shape index (κ3) is 4.19. The molecule has 7 heteroatoms. The Hall–Kier alpha value is -2.43. The molecule has 1 aliphatic carbocycles. The number of morpholine rings is 1. The van der Waals surface area contributed by atoms with E-state index in [2.05, 4.69) is 27.7 Å². The van der Waals surface area contributed by atoms with E-state index < -0.39 is 6.04 Å². The molecule has 2 fully saturated rings. The molecule has 164 valence electrons. The largest absolute Gasteiger partial charge is 0.378 e. The van der Waals surface area contributed by atoms with Gasteiger partial charge >= 0.3 is 0 Å². The SMILES string of the molecule is N#C[C@H](Cc1ccc([C@H]2CCN3CCOC[C@H]3C2)cc1F)NC(=O)[C@H]1NC2=C[C@@H]1CC2. The van der Waals surface area contributed by atoms with Crippen LogP contribution in [0.5, 0.6) is 0 Å². The number of amides is 1. The highest BCUT2D eigenvalue weighted by Crippen LogP contribution is 2.34. The summed E-state index contributed by atoms with van der Waals surface area (Å²) in [4.78, 5) is 15.1. The van der Waals surface area contributed by atoms with Gasteiger partial charge in [-0.1, -0.05) is 18.2 Å². The van der Waals surface area contributed by atoms with E-state index in [0.29, 0.717) is 17.5 Å². The van der Waals surface area contributed by atoms with Crippen molar-refractivity contribution in [3.63, 3.8) is 0 Å². The Kier molecular flexibility index (Phi) is 5.68. The highest BCUT2D eigenvalue weighted by atomic mass is 19.1. The molecule has 2 N–H and O–H groups in total. The second-order valence-corrected chi connectivity index (χ2v) is 9.25. The Labute approximate surface area is 182 Å². The van der Waals surface area contributed by atoms with Crippen molar-refractivity contribution < 1.29 is 13.9 Å². The second-order valence-electron chi connectivity index (χ2n) is 9.25. The van der Waals surface area contributed by atoms with Gasteiger partial charge in [0.25, 0.3) is 0 Å². The molecule has 0 unspecified atom stereocenters. The van der Waals surface area contributed by atoms with Gasteiger partial charge in [0, 0.05) is 30.6 Å². The monoisotopic (exact) mass is 424 g/mol. The third-order valence-electron chi connectivity index (χ3n) is 7.33. The number of nitriles is 1. The van der Waals surface area contributed by atoms with Gasteiger partial charge in [-0.3, -0.25) is 9.69 Å². The normalized spacial score (nSPS) is 30.6. The van der Waals surface area contributed by atoms with Crippen LogP contribution in [-0.2, 0) is 16.0 Å². The van der Waals surface area contributed by atoms with Gasteiger partial charge in [0.05, 0.1) is 19.3 Å². The maximum atomic E-state index is 14.9. The first kappa shape index (κ1) is 20.5. The minimum absolute atomic E-state index is 0.168. The number of nitrogens with zero attached hydrogens (tertiary/aromatic N) is 2. The van der Waals surface area contributed by atoms with E-state index in [-0.39, 0.29) is 30.1 Å². The van der Waals surface area contributed by atoms with Crippen LogP contribution in [0.3, 0.4) is 0 Å². The molecule has 5 rings (SSSR count). The predicted molar refractivity (Wildman–Crippen MR) is 114 cm³/mol. The lowest BCUT2D eigenvalue weighted by Gasteiger charge is -2.42. The van der Waals surface area contributed by atoms with Crippen LogP contribution in [-0.4, -0.2) is 55.2 Å². The number of carbonyl (C=O) groups excluding carboxylic acids is 1. The van der Waals surface area contributed by atoms with Gasteiger partial charge < -0.3 is 15.4 Å². The summed E-state index contributed by atoms with van der Waals surface area (Å²) in [6, 6.07) is 6.88. The predicted octanol–water partition coefficient (Wildman–Crippen LogP) is 2.22. The fraction of sp³-hybridized carbons (Fsp3) is 0.583. The van der Waals surface area contributed by atoms with Gasteiger partial charge in [-0.05, 0) is 55.3 Å². The first-order valence-electron chi connectivity index (χ1n) is 11.4. The van der Waals surface area contributed by atoms with E-state index in [1.807, 2.05) is 6.07 Å². The number of piperidine rings is 2. The Morgan fingerprint density at radius 1 is 1.39 bits per heavy atom. The highest BCUT2D eigenvalue weighted by Gasteiger charge is 2.37. The first-order valence-corrected chi connectivity index (χ1v) is 11.4. The van der Waals surface area contributed by atoms with Gasteiger partial charge in [0.2, 0.25) is 5.91 Å². The number of hydrogen-bond acceptors (Lipinski definition) is 5. The number of ether oxygens (including phenoxy) is 1. The number of fused-ring (bicyclic) bond motifs is 2. The second kappa shape index (κ2) is 8.60. The van der Waals surface area contributed by atoms with Crippen LogP contribution in [0, 0.1) is 23.1 Å². The van der Waals surface area contributed by atoms with Crippen molar-refractivity contribution in [2.24, 2.45) is 5.92 Å². The van der Waals surface area contributed by atoms with Crippen molar-refractivity contribution >= 4 is 5.91 Å². The molecule has 4 aliphatic rings. The van der Waals surface area contributed by atoms with Crippen LogP contribution >= 0.6 is 0 Å². The molecule has 0 saturated carbocycles. The smallest absolute Gasteiger partial charge is 0.244 e. The Bertz CT molecular complexity index is 927. The number of rotatable bonds is 5. The lowest BCUT2D eigenvalue weighted by Crippen LogP contribution is -2.49. The molecule has 0 radical (unpaired) electrons. The molecule has 2 saturated heterocycles. The summed E-state index contributed by atoms with van der Waals surface area (Å²) in [7, 11) is 0. The fourth-order valence-corrected chi connectivity index (χ4v) is 5.56. The minimum atomic E-state index is -0.749. The summed E-state index contributed by atoms with van der Waals surface area (Å²) < 4.78 is 20.5. The molecular formula is C24H29FN4O2. The summed E-state index contributed by atoms with van der Waals surface area (Å²) >= 11 is 0. The molecule has 3 aliphatic heterocycles. The van der Waals surface area contributed by atoms with Gasteiger partial charge in [0.15, 0.2) is 0 Å². The molecule has 0 aromatic heterocycles. The molecule has 3 heterocycles. The summed E-state index contributed by atoms with van der Waals surface area (Å²) in [6.07, 6.45) is 6.24. The van der Waals surface area contributed by atoms with Crippen molar-refractivity contribution in [1.29, 1.82) is 5.26 Å². The zero-order valence-electron chi connectivity index (χ0n) is 17.6. The van der Waals surface area contributed by atoms with Crippen LogP contribution in [0.25, 0.3) is 0 Å². The van der Waals surface area contributed by atoms with Crippen molar-refractivity contribution in [2.45, 2.75) is 56.1 Å². The van der Waals surface area contributed by atoms with Crippen LogP contribution < -0.4 is 10.6 Å². The third-order valence-corrected chi connectivity index (χ3v) is 7.33. The number of benzene rings is 1. The van der Waals surface area contributed by atoms with Crippen molar-refractivity contribution in [3.8, 4) is 6.07 Å². The summed E-state index contributed by atoms with van der Waals surface area (Å²) in [6.45, 7) is 3.57. The topological polar surface area (TPSA) is 77.4 Å². The number of halogens is 1. The molecule has 31 heavy (non-hydrogen) atoms. The summed E-state index contributed by atoms with van der Waals surface area (Å²) in [5, 5.41) is 15.5. The average molecular weight is 425 g/mol. The Morgan fingerprint density at radius 2 is 2.29 bits per heavy atom. The molecular weight excluding hydrogens is 395 g/mol. The molecule has 2 bridgehead atoms. The van der Waals surface area contributed by atoms with Gasteiger partial charge in [-0.2, -0.15) is 5.26 Å². The standard InChI is InChI=1S/C24H29FN4O2/c25-22-12-15(16-5-6-29-7-8-31-14-21(29)11-16)1-2-17(22)9-20(13-26)28-24(30)23-18-3-4-19(10-18)27-23/h1-2,10,12,16,18,20-21,23,27H,3-9,11,14H2,(H,28,30)/t16-,18-,20-,21+,23-/m0/s1. The molecule has 1 aromatic rings. The molecule has 5 atom stereocenters. The van der Waals surface area contributed by atoms with E-state index in [1.165, 1.54) is 0 Å². The number of allylic oxidation sites excluding steroid dienone is 1. The van der Waals surface area contributed by atoms with Gasteiger partial charge in [0.1, 0.15) is 17.9 Å². The van der Waals surface area contributed by atoms with E-state index in [0.717, 1.165) is 63.2 Å². The maximum absolute atomic E-state index is 14.9. The van der Waals surface area contributed by atoms with Gasteiger partial charge in [-0.15, -0.1) is 0 Å². The van der Waals surface area contributed by atoms with E-state index >= 15 is 0 Å². The van der Waals surface area contributed by atoms with Crippen molar-refractivity contribution in [2.75, 3.05) is 26.3 Å². The molecule has 1 amide bonds. The molecule has 0 spiro atoms. The number of nitrogens with one attached hydrogen (secondary N) is 2. The van der Waals surface area contributed by atoms with Crippen LogP contribution in [0.1, 0.15) is 42.7 Å². The quantitative estimate of drug-likeness (QED) is 0.758. The highest BCUT2D eigenvalue weighted by molar-refractivity contribution is 5.84. The number of hydrogen-bond donors (Lipinski definition) is 2. The summed E-state index contributed by atoms with van der Waals surface area (Å²) in [5.74, 6) is 0.0548. The average Bonchev–Trinajstić information content (AvgIpc) is 3.43. The van der Waals surface area contributed by atoms with Crippen molar-refractivity contribution in [1.82, 2.24) is 15.5 Å². The van der Waals surface area contributed by atoms with Crippen LogP contribution in [0.15, 0.2) is 30.0 Å².